The lowest BCUT2D eigenvalue weighted by Gasteiger charge is -2.13. The van der Waals surface area contributed by atoms with E-state index in [0.29, 0.717) is 20.9 Å². The Labute approximate surface area is 135 Å². The molecular weight excluding hydrogens is 362 g/mol. The lowest BCUT2D eigenvalue weighted by molar-refractivity contribution is -0.140. The fraction of sp³-hybridized carbons (Fsp3) is 0.429. The number of anilines is 1. The van der Waals surface area contributed by atoms with Gasteiger partial charge in [0.05, 0.1) is 29.1 Å². The van der Waals surface area contributed by atoms with Crippen LogP contribution in [0, 0.1) is 17.3 Å². The molecule has 1 fully saturated rings. The highest BCUT2D eigenvalue weighted by Gasteiger charge is 2.65. The first-order valence-electron chi connectivity index (χ1n) is 6.26. The number of hydrogen-bond acceptors (Lipinski definition) is 3. The third-order valence-corrected chi connectivity index (χ3v) is 4.65. The second-order valence-electron chi connectivity index (χ2n) is 5.57. The van der Waals surface area contributed by atoms with Gasteiger partial charge in [0.2, 0.25) is 5.91 Å². The van der Waals surface area contributed by atoms with Crippen molar-refractivity contribution in [2.24, 2.45) is 17.3 Å². The van der Waals surface area contributed by atoms with Gasteiger partial charge in [-0.25, -0.2) is 0 Å². The smallest absolute Gasteiger partial charge is 0.307 e. The number of rotatable bonds is 4. The Bertz CT molecular complexity index is 617. The molecule has 1 amide bonds. The van der Waals surface area contributed by atoms with E-state index in [1.807, 2.05) is 0 Å². The monoisotopic (exact) mass is 375 g/mol. The van der Waals surface area contributed by atoms with E-state index < -0.39 is 23.2 Å². The van der Waals surface area contributed by atoms with E-state index in [4.69, 9.17) is 21.4 Å². The van der Waals surface area contributed by atoms with E-state index in [2.05, 4.69) is 21.2 Å². The summed E-state index contributed by atoms with van der Waals surface area (Å²) in [4.78, 5) is 23.5. The van der Waals surface area contributed by atoms with E-state index in [-0.39, 0.29) is 5.91 Å². The van der Waals surface area contributed by atoms with Crippen LogP contribution in [0.5, 0.6) is 5.75 Å². The van der Waals surface area contributed by atoms with Gasteiger partial charge in [0.25, 0.3) is 0 Å². The molecule has 5 nitrogen and oxygen atoms in total. The number of halogens is 2. The van der Waals surface area contributed by atoms with Crippen LogP contribution in [0.25, 0.3) is 0 Å². The van der Waals surface area contributed by atoms with Crippen LogP contribution in [-0.2, 0) is 9.59 Å². The highest BCUT2D eigenvalue weighted by atomic mass is 79.9. The van der Waals surface area contributed by atoms with Gasteiger partial charge < -0.3 is 15.2 Å². The maximum absolute atomic E-state index is 12.3. The molecule has 0 radical (unpaired) electrons. The Balaban J connectivity index is 2.24. The number of carboxylic acid groups (broad SMARTS) is 1. The first-order valence-corrected chi connectivity index (χ1v) is 7.44. The second kappa shape index (κ2) is 5.50. The molecule has 0 saturated heterocycles. The molecule has 2 rings (SSSR count). The number of hydrogen-bond donors (Lipinski definition) is 2. The number of ether oxygens (including phenoxy) is 1. The maximum Gasteiger partial charge on any atom is 0.307 e. The number of carbonyl (C=O) groups is 2. The Morgan fingerprint density at radius 1 is 1.38 bits per heavy atom. The summed E-state index contributed by atoms with van der Waals surface area (Å²) in [6.45, 7) is 3.53. The standard InChI is InChI=1S/C14H15BrClNO4/c1-14(2)9(10(14)13(19)20)12(18)17-8-5-6(16)4-7(15)11(8)21-3/h4-5,9-10H,1-3H3,(H,17,18)(H,19,20). The SMILES string of the molecule is COc1c(Br)cc(Cl)cc1NC(=O)C1C(C(=O)O)C1(C)C. The van der Waals surface area contributed by atoms with Crippen LogP contribution >= 0.6 is 27.5 Å². The number of methoxy groups -OCH3 is 1. The lowest BCUT2D eigenvalue weighted by atomic mass is 10.1. The molecule has 2 N–H and O–H groups in total. The summed E-state index contributed by atoms with van der Waals surface area (Å²) < 4.78 is 5.83. The summed E-state index contributed by atoms with van der Waals surface area (Å²) in [6.07, 6.45) is 0. The van der Waals surface area contributed by atoms with Crippen LogP contribution in [0.15, 0.2) is 16.6 Å². The minimum Gasteiger partial charge on any atom is -0.493 e. The first kappa shape index (κ1) is 16.1. The van der Waals surface area contributed by atoms with Crippen molar-refractivity contribution in [3.8, 4) is 5.75 Å². The normalized spacial score (nSPS) is 22.5. The summed E-state index contributed by atoms with van der Waals surface area (Å²) >= 11 is 9.27. The molecule has 0 heterocycles. The molecule has 0 aromatic heterocycles. The number of carboxylic acids is 1. The van der Waals surface area contributed by atoms with Crippen LogP contribution in [0.3, 0.4) is 0 Å². The molecule has 2 atom stereocenters. The van der Waals surface area contributed by atoms with Gasteiger partial charge in [0.1, 0.15) is 0 Å². The van der Waals surface area contributed by atoms with Crippen molar-refractivity contribution in [3.05, 3.63) is 21.6 Å². The predicted octanol–water partition coefficient (Wildman–Crippen LogP) is 3.41. The molecule has 0 spiro atoms. The number of benzene rings is 1. The van der Waals surface area contributed by atoms with Crippen molar-refractivity contribution in [2.75, 3.05) is 12.4 Å². The summed E-state index contributed by atoms with van der Waals surface area (Å²) in [6, 6.07) is 3.21. The third-order valence-electron chi connectivity index (χ3n) is 3.85. The van der Waals surface area contributed by atoms with Crippen molar-refractivity contribution in [3.63, 3.8) is 0 Å². The van der Waals surface area contributed by atoms with Crippen LogP contribution in [0.4, 0.5) is 5.69 Å². The van der Waals surface area contributed by atoms with E-state index >= 15 is 0 Å². The predicted molar refractivity (Wildman–Crippen MR) is 82.7 cm³/mol. The molecule has 7 heteroatoms. The molecule has 0 bridgehead atoms. The molecule has 1 aliphatic rings. The molecule has 1 saturated carbocycles. The first-order chi connectivity index (χ1) is 9.70. The van der Waals surface area contributed by atoms with Crippen LogP contribution in [0.2, 0.25) is 5.02 Å². The molecule has 1 aromatic carbocycles. The number of nitrogens with one attached hydrogen (secondary N) is 1. The summed E-state index contributed by atoms with van der Waals surface area (Å²) in [7, 11) is 1.48. The van der Waals surface area contributed by atoms with Crippen LogP contribution < -0.4 is 10.1 Å². The van der Waals surface area contributed by atoms with Crippen molar-refractivity contribution < 1.29 is 19.4 Å². The Hall–Kier alpha value is -1.27. The quantitative estimate of drug-likeness (QED) is 0.844. The molecule has 0 aliphatic heterocycles. The minimum absolute atomic E-state index is 0.347. The third kappa shape index (κ3) is 2.87. The zero-order valence-corrected chi connectivity index (χ0v) is 14.1. The Morgan fingerprint density at radius 2 is 2.00 bits per heavy atom. The highest BCUT2D eigenvalue weighted by Crippen LogP contribution is 2.58. The van der Waals surface area contributed by atoms with Crippen LogP contribution in [0.1, 0.15) is 13.8 Å². The molecule has 1 aromatic rings. The summed E-state index contributed by atoms with van der Waals surface area (Å²) in [5.41, 5.74) is -0.146. The van der Waals surface area contributed by atoms with Gasteiger partial charge in [0, 0.05) is 5.02 Å². The van der Waals surface area contributed by atoms with E-state index in [1.54, 1.807) is 26.0 Å². The van der Waals surface area contributed by atoms with E-state index in [0.717, 1.165) is 0 Å². The Morgan fingerprint density at radius 3 is 2.48 bits per heavy atom. The molecule has 1 aliphatic carbocycles. The van der Waals surface area contributed by atoms with Crippen molar-refractivity contribution in [2.45, 2.75) is 13.8 Å². The molecule has 2 unspecified atom stereocenters. The van der Waals surface area contributed by atoms with Gasteiger partial charge in [-0.1, -0.05) is 25.4 Å². The van der Waals surface area contributed by atoms with Gasteiger partial charge in [0.15, 0.2) is 5.75 Å². The number of aliphatic carboxylic acids is 1. The van der Waals surface area contributed by atoms with Gasteiger partial charge in [-0.2, -0.15) is 0 Å². The Kier molecular flexibility index (Phi) is 4.22. The molecular formula is C14H15BrClNO4. The van der Waals surface area contributed by atoms with Gasteiger partial charge in [-0.05, 0) is 33.5 Å². The second-order valence-corrected chi connectivity index (χ2v) is 6.86. The fourth-order valence-electron chi connectivity index (χ4n) is 2.66. The summed E-state index contributed by atoms with van der Waals surface area (Å²) in [5.74, 6) is -2.11. The minimum atomic E-state index is -0.959. The van der Waals surface area contributed by atoms with Gasteiger partial charge in [-0.15, -0.1) is 0 Å². The van der Waals surface area contributed by atoms with Gasteiger partial charge in [-0.3, -0.25) is 9.59 Å². The topological polar surface area (TPSA) is 75.6 Å². The fourth-order valence-corrected chi connectivity index (χ4v) is 3.63. The average molecular weight is 377 g/mol. The van der Waals surface area contributed by atoms with Crippen LogP contribution in [-0.4, -0.2) is 24.1 Å². The zero-order valence-electron chi connectivity index (χ0n) is 11.7. The highest BCUT2D eigenvalue weighted by molar-refractivity contribution is 9.10. The number of amides is 1. The van der Waals surface area contributed by atoms with Crippen molar-refractivity contribution in [1.29, 1.82) is 0 Å². The average Bonchev–Trinajstić information content (AvgIpc) is 2.92. The summed E-state index contributed by atoms with van der Waals surface area (Å²) in [5, 5.41) is 12.3. The molecule has 114 valence electrons. The molecule has 21 heavy (non-hydrogen) atoms. The maximum atomic E-state index is 12.3. The lowest BCUT2D eigenvalue weighted by Crippen LogP contribution is -2.18. The van der Waals surface area contributed by atoms with E-state index in [1.165, 1.54) is 7.11 Å². The largest absolute Gasteiger partial charge is 0.493 e. The van der Waals surface area contributed by atoms with Crippen molar-refractivity contribution >= 4 is 45.1 Å². The number of carbonyl (C=O) groups excluding carboxylic acids is 1. The van der Waals surface area contributed by atoms with E-state index in [9.17, 15) is 9.59 Å². The zero-order chi connectivity index (χ0) is 15.9. The van der Waals surface area contributed by atoms with Gasteiger partial charge >= 0.3 is 5.97 Å². The van der Waals surface area contributed by atoms with Crippen molar-refractivity contribution in [1.82, 2.24) is 0 Å².